The first-order chi connectivity index (χ1) is 15.6. The predicted molar refractivity (Wildman–Crippen MR) is 118 cm³/mol. The summed E-state index contributed by atoms with van der Waals surface area (Å²) in [5.74, 6) is -2.75. The van der Waals surface area contributed by atoms with Gasteiger partial charge in [0.15, 0.2) is 17.3 Å². The number of aryl methyl sites for hydroxylation is 1. The zero-order valence-electron chi connectivity index (χ0n) is 18.6. The number of allylic oxidation sites excluding steroid dienone is 3. The largest absolute Gasteiger partial charge is 0.507 e. The molecule has 170 valence electrons. The molecule has 2 aromatic carbocycles. The van der Waals surface area contributed by atoms with Crippen molar-refractivity contribution >= 4 is 17.5 Å². The average molecular weight is 449 g/mol. The highest BCUT2D eigenvalue weighted by Gasteiger charge is 2.55. The number of methoxy groups -OCH3 is 1. The van der Waals surface area contributed by atoms with E-state index in [0.29, 0.717) is 0 Å². The molecular weight excluding hydrogens is 426 g/mol. The first-order valence-electron chi connectivity index (χ1n) is 10.3. The van der Waals surface area contributed by atoms with Crippen molar-refractivity contribution in [2.75, 3.05) is 7.11 Å². The van der Waals surface area contributed by atoms with Crippen molar-refractivity contribution < 1.29 is 34.1 Å². The monoisotopic (exact) mass is 449 g/mol. The van der Waals surface area contributed by atoms with E-state index < -0.39 is 34.2 Å². The first kappa shape index (κ1) is 22.1. The smallest absolute Gasteiger partial charge is 0.259 e. The molecule has 33 heavy (non-hydrogen) atoms. The molecule has 0 radical (unpaired) electrons. The highest BCUT2D eigenvalue weighted by molar-refractivity contribution is 6.25. The minimum absolute atomic E-state index is 0.00105. The van der Waals surface area contributed by atoms with Crippen LogP contribution in [0.3, 0.4) is 0 Å². The summed E-state index contributed by atoms with van der Waals surface area (Å²) in [6.45, 7) is 4.83. The van der Waals surface area contributed by atoms with Crippen molar-refractivity contribution in [3.8, 4) is 17.2 Å². The third kappa shape index (κ3) is 3.34. The molecule has 1 atom stereocenters. The van der Waals surface area contributed by atoms with E-state index in [4.69, 9.17) is 9.47 Å². The highest BCUT2D eigenvalue weighted by Crippen LogP contribution is 2.56. The number of hydrogen-bond donors (Lipinski definition) is 3. The molecule has 0 fully saturated rings. The highest BCUT2D eigenvalue weighted by atomic mass is 16.5. The lowest BCUT2D eigenvalue weighted by molar-refractivity contribution is -0.123. The standard InChI is InChI=1S/C25H23NO7/c1-12-5-7-14(8-6-12)11-26-24(31)20-17(32-4)9-16(29)21-22(20)33-18-10-15(28)19(13(2)27)23(30)25(18,21)3/h5-10,28-29H,11H2,1-4H3,(H,26,31)/t25-/m1/s1. The van der Waals surface area contributed by atoms with Crippen molar-refractivity contribution in [2.45, 2.75) is 32.7 Å². The normalized spacial score (nSPS) is 18.8. The second-order valence-corrected chi connectivity index (χ2v) is 8.23. The summed E-state index contributed by atoms with van der Waals surface area (Å²) in [6, 6.07) is 8.87. The number of aliphatic hydroxyl groups is 1. The van der Waals surface area contributed by atoms with E-state index in [1.807, 2.05) is 31.2 Å². The molecule has 1 amide bonds. The summed E-state index contributed by atoms with van der Waals surface area (Å²) in [7, 11) is 1.34. The first-order valence-corrected chi connectivity index (χ1v) is 10.3. The zero-order chi connectivity index (χ0) is 24.1. The summed E-state index contributed by atoms with van der Waals surface area (Å²) in [5, 5.41) is 23.8. The Morgan fingerprint density at radius 2 is 1.85 bits per heavy atom. The maximum absolute atomic E-state index is 13.3. The second-order valence-electron chi connectivity index (χ2n) is 8.23. The van der Waals surface area contributed by atoms with Crippen LogP contribution in [0.15, 0.2) is 53.5 Å². The minimum atomic E-state index is -1.59. The molecule has 1 aliphatic heterocycles. The van der Waals surface area contributed by atoms with Gasteiger partial charge < -0.3 is 25.0 Å². The minimum Gasteiger partial charge on any atom is -0.507 e. The number of hydrogen-bond acceptors (Lipinski definition) is 7. The Bertz CT molecular complexity index is 1270. The van der Waals surface area contributed by atoms with Gasteiger partial charge in [-0.05, 0) is 26.3 Å². The molecule has 0 saturated carbocycles. The summed E-state index contributed by atoms with van der Waals surface area (Å²) in [5.41, 5.74) is 0.00974. The van der Waals surface area contributed by atoms with E-state index >= 15 is 0 Å². The quantitative estimate of drug-likeness (QED) is 0.600. The maximum Gasteiger partial charge on any atom is 0.259 e. The van der Waals surface area contributed by atoms with Gasteiger partial charge in [-0.2, -0.15) is 0 Å². The molecule has 0 saturated heterocycles. The molecule has 0 unspecified atom stereocenters. The van der Waals surface area contributed by atoms with Crippen molar-refractivity contribution in [3.05, 3.63) is 75.8 Å². The van der Waals surface area contributed by atoms with E-state index in [1.165, 1.54) is 27.0 Å². The lowest BCUT2D eigenvalue weighted by atomic mass is 9.71. The fraction of sp³-hybridized carbons (Fsp3) is 0.240. The van der Waals surface area contributed by atoms with Gasteiger partial charge in [-0.25, -0.2) is 0 Å². The van der Waals surface area contributed by atoms with Gasteiger partial charge in [0, 0.05) is 18.7 Å². The summed E-state index contributed by atoms with van der Waals surface area (Å²) in [6.07, 6.45) is 1.16. The molecule has 1 aliphatic carbocycles. The maximum atomic E-state index is 13.3. The Labute approximate surface area is 190 Å². The third-order valence-corrected chi connectivity index (χ3v) is 6.01. The van der Waals surface area contributed by atoms with Crippen molar-refractivity contribution in [1.82, 2.24) is 5.32 Å². The lowest BCUT2D eigenvalue weighted by Crippen LogP contribution is -2.38. The number of benzene rings is 2. The Hall–Kier alpha value is -4.07. The molecule has 1 heterocycles. The van der Waals surface area contributed by atoms with Crippen LogP contribution in [0.5, 0.6) is 17.2 Å². The molecule has 2 aliphatic rings. The van der Waals surface area contributed by atoms with Crippen LogP contribution in [0, 0.1) is 6.92 Å². The van der Waals surface area contributed by atoms with Gasteiger partial charge in [-0.15, -0.1) is 0 Å². The van der Waals surface area contributed by atoms with Gasteiger partial charge in [0.05, 0.1) is 12.7 Å². The Morgan fingerprint density at radius 3 is 2.45 bits per heavy atom. The van der Waals surface area contributed by atoms with Gasteiger partial charge in [0.25, 0.3) is 5.91 Å². The van der Waals surface area contributed by atoms with Crippen LogP contribution in [-0.4, -0.2) is 34.8 Å². The molecule has 4 rings (SSSR count). The number of ketones is 2. The van der Waals surface area contributed by atoms with Crippen LogP contribution in [0.1, 0.15) is 40.9 Å². The number of rotatable bonds is 5. The number of nitrogens with one attached hydrogen (secondary N) is 1. The number of Topliss-reactive ketones (excluding diaryl/α,β-unsaturated/α-hetero) is 2. The van der Waals surface area contributed by atoms with E-state index in [2.05, 4.69) is 5.32 Å². The molecule has 0 bridgehead atoms. The Kier molecular flexibility index (Phi) is 5.24. The Balaban J connectivity index is 1.80. The predicted octanol–water partition coefficient (Wildman–Crippen LogP) is 3.16. The van der Waals surface area contributed by atoms with Crippen molar-refractivity contribution in [1.29, 1.82) is 0 Å². The van der Waals surface area contributed by atoms with E-state index in [1.54, 1.807) is 0 Å². The van der Waals surface area contributed by atoms with Gasteiger partial charge in [-0.1, -0.05) is 29.8 Å². The number of ether oxygens (including phenoxy) is 2. The van der Waals surface area contributed by atoms with Crippen LogP contribution in [0.2, 0.25) is 0 Å². The topological polar surface area (TPSA) is 122 Å². The summed E-state index contributed by atoms with van der Waals surface area (Å²) >= 11 is 0. The summed E-state index contributed by atoms with van der Waals surface area (Å²) in [4.78, 5) is 38.5. The van der Waals surface area contributed by atoms with Gasteiger partial charge in [0.1, 0.15) is 39.6 Å². The summed E-state index contributed by atoms with van der Waals surface area (Å²) < 4.78 is 11.2. The van der Waals surface area contributed by atoms with Gasteiger partial charge in [0.2, 0.25) is 0 Å². The third-order valence-electron chi connectivity index (χ3n) is 6.01. The van der Waals surface area contributed by atoms with E-state index in [-0.39, 0.29) is 40.7 Å². The lowest BCUT2D eigenvalue weighted by Gasteiger charge is -2.27. The molecule has 8 heteroatoms. The van der Waals surface area contributed by atoms with Crippen molar-refractivity contribution in [2.24, 2.45) is 0 Å². The number of aliphatic hydroxyl groups excluding tert-OH is 1. The number of carbonyl (C=O) groups excluding carboxylic acids is 3. The number of amides is 1. The van der Waals surface area contributed by atoms with Gasteiger partial charge >= 0.3 is 0 Å². The number of carbonyl (C=O) groups is 3. The van der Waals surface area contributed by atoms with Crippen molar-refractivity contribution in [3.63, 3.8) is 0 Å². The molecule has 0 spiro atoms. The molecule has 8 nitrogen and oxygen atoms in total. The zero-order valence-corrected chi connectivity index (χ0v) is 18.6. The van der Waals surface area contributed by atoms with Gasteiger partial charge in [-0.3, -0.25) is 14.4 Å². The number of aromatic hydroxyl groups is 1. The number of fused-ring (bicyclic) bond motifs is 3. The molecule has 0 aromatic heterocycles. The van der Waals surface area contributed by atoms with Crippen LogP contribution in [0.25, 0.3) is 0 Å². The second kappa shape index (κ2) is 7.81. The molecular formula is C25H23NO7. The van der Waals surface area contributed by atoms with Crippen LogP contribution in [-0.2, 0) is 21.5 Å². The molecule has 2 aromatic rings. The van der Waals surface area contributed by atoms with Crippen LogP contribution in [0.4, 0.5) is 0 Å². The van der Waals surface area contributed by atoms with Crippen LogP contribution < -0.4 is 14.8 Å². The van der Waals surface area contributed by atoms with E-state index in [9.17, 15) is 24.6 Å². The SMILES string of the molecule is COc1cc(O)c2c(c1C(=O)NCc1ccc(C)cc1)OC1=CC(O)=C(C(C)=O)C(=O)[C@]12C. The van der Waals surface area contributed by atoms with E-state index in [0.717, 1.165) is 17.2 Å². The fourth-order valence-electron chi connectivity index (χ4n) is 4.20. The Morgan fingerprint density at radius 1 is 1.18 bits per heavy atom. The average Bonchev–Trinajstić information content (AvgIpc) is 3.06. The fourth-order valence-corrected chi connectivity index (χ4v) is 4.20. The van der Waals surface area contributed by atoms with Crippen LogP contribution >= 0.6 is 0 Å². The number of phenols is 1. The number of phenolic OH excluding ortho intramolecular Hbond substituents is 1. The molecule has 3 N–H and O–H groups in total.